The zero-order valence-electron chi connectivity index (χ0n) is 16.5. The van der Waals surface area contributed by atoms with Gasteiger partial charge in [0.25, 0.3) is 17.5 Å². The molecule has 0 N–H and O–H groups in total. The van der Waals surface area contributed by atoms with Gasteiger partial charge in [0.1, 0.15) is 6.54 Å². The van der Waals surface area contributed by atoms with Crippen LogP contribution >= 0.6 is 0 Å². The number of benzene rings is 2. The van der Waals surface area contributed by atoms with Crippen LogP contribution in [0.15, 0.2) is 36.4 Å². The number of nitro groups is 1. The molecule has 1 atom stereocenters. The second kappa shape index (κ2) is 7.86. The molecule has 0 saturated carbocycles. The Kier molecular flexibility index (Phi) is 5.46. The van der Waals surface area contributed by atoms with E-state index < -0.39 is 41.1 Å². The molecule has 0 radical (unpaired) electrons. The van der Waals surface area contributed by atoms with Crippen molar-refractivity contribution in [3.63, 3.8) is 0 Å². The number of aryl methyl sites for hydroxylation is 2. The average Bonchev–Trinajstić information content (AvgIpc) is 2.93. The van der Waals surface area contributed by atoms with Gasteiger partial charge in [0.05, 0.1) is 16.1 Å². The van der Waals surface area contributed by atoms with Gasteiger partial charge in [0, 0.05) is 17.7 Å². The summed E-state index contributed by atoms with van der Waals surface area (Å²) >= 11 is 0. The van der Waals surface area contributed by atoms with Crippen LogP contribution in [0.3, 0.4) is 0 Å². The van der Waals surface area contributed by atoms with Gasteiger partial charge in [-0.2, -0.15) is 0 Å². The van der Waals surface area contributed by atoms with E-state index in [1.54, 1.807) is 18.2 Å². The normalized spacial score (nSPS) is 13.8. The topological polar surface area (TPSA) is 124 Å². The number of ketones is 1. The van der Waals surface area contributed by atoms with Crippen molar-refractivity contribution in [2.45, 2.75) is 26.9 Å². The molecule has 0 saturated heterocycles. The number of imide groups is 1. The number of carbonyl (C=O) groups excluding carboxylic acids is 4. The molecule has 9 nitrogen and oxygen atoms in total. The Hall–Kier alpha value is -3.88. The minimum atomic E-state index is -1.11. The van der Waals surface area contributed by atoms with Crippen LogP contribution in [0.5, 0.6) is 0 Å². The predicted octanol–water partition coefficient (Wildman–Crippen LogP) is 2.62. The zero-order valence-corrected chi connectivity index (χ0v) is 16.5. The summed E-state index contributed by atoms with van der Waals surface area (Å²) in [5, 5.41) is 10.9. The number of fused-ring (bicyclic) bond motifs is 1. The van der Waals surface area contributed by atoms with Crippen LogP contribution in [0.2, 0.25) is 0 Å². The lowest BCUT2D eigenvalue weighted by Crippen LogP contribution is -2.37. The molecule has 2 aromatic rings. The maximum Gasteiger partial charge on any atom is 0.326 e. The number of rotatable bonds is 6. The first-order valence-electron chi connectivity index (χ1n) is 9.05. The summed E-state index contributed by atoms with van der Waals surface area (Å²) < 4.78 is 5.11. The van der Waals surface area contributed by atoms with E-state index >= 15 is 0 Å². The van der Waals surface area contributed by atoms with Crippen LogP contribution in [-0.4, -0.2) is 46.0 Å². The molecule has 1 heterocycles. The van der Waals surface area contributed by atoms with Crippen LogP contribution in [0.1, 0.15) is 49.1 Å². The van der Waals surface area contributed by atoms with Crippen molar-refractivity contribution in [3.8, 4) is 0 Å². The first-order chi connectivity index (χ1) is 14.1. The van der Waals surface area contributed by atoms with Crippen molar-refractivity contribution in [1.29, 1.82) is 0 Å². The minimum Gasteiger partial charge on any atom is -0.453 e. The molecule has 30 heavy (non-hydrogen) atoms. The predicted molar refractivity (Wildman–Crippen MR) is 104 cm³/mol. The summed E-state index contributed by atoms with van der Waals surface area (Å²) in [5.74, 6) is -2.94. The van der Waals surface area contributed by atoms with Crippen molar-refractivity contribution >= 4 is 29.3 Å². The van der Waals surface area contributed by atoms with Crippen molar-refractivity contribution < 1.29 is 28.8 Å². The number of ether oxygens (including phenoxy) is 1. The van der Waals surface area contributed by atoms with Crippen molar-refractivity contribution in [1.82, 2.24) is 4.90 Å². The molecular weight excluding hydrogens is 392 g/mol. The number of hydrogen-bond acceptors (Lipinski definition) is 7. The lowest BCUT2D eigenvalue weighted by Gasteiger charge is -2.16. The van der Waals surface area contributed by atoms with Gasteiger partial charge in [-0.15, -0.1) is 0 Å². The van der Waals surface area contributed by atoms with Crippen LogP contribution in [0.4, 0.5) is 5.69 Å². The van der Waals surface area contributed by atoms with Crippen LogP contribution in [0, 0.1) is 24.0 Å². The molecule has 0 spiro atoms. The molecule has 1 aliphatic heterocycles. The number of Topliss-reactive ketones (excluding diaryl/α,β-unsaturated/α-hetero) is 1. The van der Waals surface area contributed by atoms with E-state index in [9.17, 15) is 29.3 Å². The van der Waals surface area contributed by atoms with E-state index in [4.69, 9.17) is 4.74 Å². The largest absolute Gasteiger partial charge is 0.453 e. The molecule has 0 fully saturated rings. The second-order valence-electron chi connectivity index (χ2n) is 6.98. The molecule has 2 aromatic carbocycles. The summed E-state index contributed by atoms with van der Waals surface area (Å²) in [7, 11) is 0. The monoisotopic (exact) mass is 410 g/mol. The average molecular weight is 410 g/mol. The van der Waals surface area contributed by atoms with E-state index in [-0.39, 0.29) is 16.8 Å². The first-order valence-corrected chi connectivity index (χ1v) is 9.05. The Bertz CT molecular complexity index is 1110. The Morgan fingerprint density at radius 3 is 2.33 bits per heavy atom. The summed E-state index contributed by atoms with van der Waals surface area (Å²) in [6.45, 7) is 4.46. The third-order valence-electron chi connectivity index (χ3n) is 4.92. The molecule has 2 amide bonds. The van der Waals surface area contributed by atoms with Crippen molar-refractivity contribution in [3.05, 3.63) is 74.3 Å². The second-order valence-corrected chi connectivity index (χ2v) is 6.98. The molecule has 1 aliphatic rings. The zero-order chi connectivity index (χ0) is 22.2. The molecule has 154 valence electrons. The van der Waals surface area contributed by atoms with E-state index in [2.05, 4.69) is 0 Å². The SMILES string of the molecule is Cc1ccc(C(=O)[C@H](C)OC(=O)CN2C(=O)c3ccc([N+](=O)[O-])cc3C2=O)cc1C. The summed E-state index contributed by atoms with van der Waals surface area (Å²) in [6.07, 6.45) is -1.11. The molecule has 0 bridgehead atoms. The quantitative estimate of drug-likeness (QED) is 0.236. The van der Waals surface area contributed by atoms with Gasteiger partial charge in [-0.25, -0.2) is 0 Å². The standard InChI is InChI=1S/C21H18N2O7/c1-11-4-5-14(8-12(11)2)19(25)13(3)30-18(24)10-22-20(26)16-7-6-15(23(28)29)9-17(16)21(22)27/h4-9,13H,10H2,1-3H3/t13-/m0/s1. The van der Waals surface area contributed by atoms with E-state index in [1.165, 1.54) is 13.0 Å². The van der Waals surface area contributed by atoms with Gasteiger partial charge < -0.3 is 4.74 Å². The fraction of sp³-hybridized carbons (Fsp3) is 0.238. The highest BCUT2D eigenvalue weighted by Gasteiger charge is 2.38. The van der Waals surface area contributed by atoms with E-state index in [0.29, 0.717) is 10.5 Å². The first kappa shape index (κ1) is 20.8. The number of carbonyl (C=O) groups is 4. The van der Waals surface area contributed by atoms with Crippen molar-refractivity contribution in [2.24, 2.45) is 0 Å². The van der Waals surface area contributed by atoms with E-state index in [0.717, 1.165) is 23.3 Å². The Morgan fingerprint density at radius 1 is 1.03 bits per heavy atom. The van der Waals surface area contributed by atoms with E-state index in [1.807, 2.05) is 13.8 Å². The molecular formula is C21H18N2O7. The maximum absolute atomic E-state index is 12.5. The van der Waals surface area contributed by atoms with Gasteiger partial charge >= 0.3 is 5.97 Å². The van der Waals surface area contributed by atoms with Crippen molar-refractivity contribution in [2.75, 3.05) is 6.54 Å². The Morgan fingerprint density at radius 2 is 1.70 bits per heavy atom. The van der Waals surface area contributed by atoms with Gasteiger partial charge in [-0.1, -0.05) is 12.1 Å². The maximum atomic E-state index is 12.5. The van der Waals surface area contributed by atoms with Gasteiger partial charge in [-0.3, -0.25) is 34.2 Å². The molecule has 3 rings (SSSR count). The van der Waals surface area contributed by atoms with Crippen LogP contribution in [0.25, 0.3) is 0 Å². The third-order valence-corrected chi connectivity index (χ3v) is 4.92. The number of non-ortho nitro benzene ring substituents is 1. The highest BCUT2D eigenvalue weighted by atomic mass is 16.6. The number of nitrogens with zero attached hydrogens (tertiary/aromatic N) is 2. The van der Waals surface area contributed by atoms with Gasteiger partial charge in [0.15, 0.2) is 6.10 Å². The summed E-state index contributed by atoms with van der Waals surface area (Å²) in [6, 6.07) is 8.38. The number of esters is 1. The smallest absolute Gasteiger partial charge is 0.326 e. The summed E-state index contributed by atoms with van der Waals surface area (Å²) in [4.78, 5) is 60.4. The highest BCUT2D eigenvalue weighted by Crippen LogP contribution is 2.26. The minimum absolute atomic E-state index is 0.0299. The van der Waals surface area contributed by atoms with Gasteiger partial charge in [0.2, 0.25) is 5.78 Å². The lowest BCUT2D eigenvalue weighted by molar-refractivity contribution is -0.384. The third kappa shape index (κ3) is 3.82. The molecule has 9 heteroatoms. The lowest BCUT2D eigenvalue weighted by atomic mass is 10.0. The molecule has 0 unspecified atom stereocenters. The van der Waals surface area contributed by atoms with Gasteiger partial charge in [-0.05, 0) is 44.0 Å². The highest BCUT2D eigenvalue weighted by molar-refractivity contribution is 6.22. The number of nitro benzene ring substituents is 1. The summed E-state index contributed by atoms with van der Waals surface area (Å²) in [5.41, 5.74) is 1.79. The fourth-order valence-electron chi connectivity index (χ4n) is 3.08. The Balaban J connectivity index is 1.69. The number of hydrogen-bond donors (Lipinski definition) is 0. The molecule has 0 aliphatic carbocycles. The number of amides is 2. The fourth-order valence-corrected chi connectivity index (χ4v) is 3.08. The van der Waals surface area contributed by atoms with Crippen LogP contribution in [-0.2, 0) is 9.53 Å². The van der Waals surface area contributed by atoms with Crippen LogP contribution < -0.4 is 0 Å². The Labute approximate surface area is 171 Å². The molecule has 0 aromatic heterocycles.